The van der Waals surface area contributed by atoms with Crippen molar-refractivity contribution >= 4 is 23.1 Å². The Kier molecular flexibility index (Phi) is 5.21. The van der Waals surface area contributed by atoms with E-state index in [2.05, 4.69) is 10.6 Å². The molecule has 4 nitrogen and oxygen atoms in total. The molecule has 0 aromatic heterocycles. The molecule has 1 unspecified atom stereocenters. The molecule has 1 aliphatic carbocycles. The van der Waals surface area contributed by atoms with Crippen molar-refractivity contribution in [3.63, 3.8) is 0 Å². The Morgan fingerprint density at radius 3 is 2.42 bits per heavy atom. The largest absolute Gasteiger partial charge is 0.355 e. The molecular formula is C22H24N2O2. The minimum absolute atomic E-state index is 0.0272. The van der Waals surface area contributed by atoms with Gasteiger partial charge in [0, 0.05) is 18.7 Å². The second kappa shape index (κ2) is 7.56. The Labute approximate surface area is 154 Å². The maximum atomic E-state index is 12.3. The highest BCUT2D eigenvalue weighted by Crippen LogP contribution is 2.46. The fourth-order valence-electron chi connectivity index (χ4n) is 3.24. The van der Waals surface area contributed by atoms with Gasteiger partial charge in [-0.2, -0.15) is 0 Å². The van der Waals surface area contributed by atoms with Crippen LogP contribution in [-0.2, 0) is 9.59 Å². The molecule has 2 N–H and O–H groups in total. The minimum atomic E-state index is -0.153. The van der Waals surface area contributed by atoms with E-state index in [4.69, 9.17) is 0 Å². The summed E-state index contributed by atoms with van der Waals surface area (Å²) < 4.78 is 0. The van der Waals surface area contributed by atoms with Crippen LogP contribution in [0.25, 0.3) is 5.57 Å². The van der Waals surface area contributed by atoms with E-state index in [1.165, 1.54) is 0 Å². The second-order valence-electron chi connectivity index (χ2n) is 6.80. The molecule has 1 aliphatic rings. The normalized spacial score (nSPS) is 15.6. The summed E-state index contributed by atoms with van der Waals surface area (Å²) >= 11 is 0. The van der Waals surface area contributed by atoms with Gasteiger partial charge in [-0.05, 0) is 43.5 Å². The van der Waals surface area contributed by atoms with Gasteiger partial charge in [0.05, 0.1) is 5.92 Å². The molecule has 0 spiro atoms. The third kappa shape index (κ3) is 4.02. The zero-order chi connectivity index (χ0) is 18.7. The topological polar surface area (TPSA) is 58.2 Å². The Hall–Kier alpha value is -2.88. The molecule has 4 heteroatoms. The van der Waals surface area contributed by atoms with Gasteiger partial charge < -0.3 is 10.6 Å². The molecular weight excluding hydrogens is 324 g/mol. The van der Waals surface area contributed by atoms with Gasteiger partial charge in [0.2, 0.25) is 11.8 Å². The molecule has 134 valence electrons. The van der Waals surface area contributed by atoms with Crippen LogP contribution in [0, 0.1) is 19.8 Å². The van der Waals surface area contributed by atoms with Crippen LogP contribution in [0.15, 0.2) is 54.1 Å². The number of anilines is 1. The molecule has 0 bridgehead atoms. The van der Waals surface area contributed by atoms with Crippen molar-refractivity contribution < 1.29 is 9.59 Å². The van der Waals surface area contributed by atoms with Gasteiger partial charge in [0.25, 0.3) is 0 Å². The highest BCUT2D eigenvalue weighted by Gasteiger charge is 2.39. The van der Waals surface area contributed by atoms with Gasteiger partial charge in [-0.1, -0.05) is 53.6 Å². The monoisotopic (exact) mass is 348 g/mol. The number of hydrogen-bond donors (Lipinski definition) is 2. The first-order valence-corrected chi connectivity index (χ1v) is 8.88. The van der Waals surface area contributed by atoms with Crippen LogP contribution in [0.1, 0.15) is 30.0 Å². The van der Waals surface area contributed by atoms with E-state index in [0.29, 0.717) is 6.54 Å². The lowest BCUT2D eigenvalue weighted by Gasteiger charge is -2.10. The lowest BCUT2D eigenvalue weighted by atomic mass is 10.1. The van der Waals surface area contributed by atoms with Crippen LogP contribution < -0.4 is 10.6 Å². The zero-order valence-corrected chi connectivity index (χ0v) is 15.4. The van der Waals surface area contributed by atoms with Crippen molar-refractivity contribution in [1.29, 1.82) is 0 Å². The summed E-state index contributed by atoms with van der Waals surface area (Å²) in [6, 6.07) is 15.9. The third-order valence-corrected chi connectivity index (χ3v) is 4.72. The van der Waals surface area contributed by atoms with Gasteiger partial charge in [-0.3, -0.25) is 9.59 Å². The van der Waals surface area contributed by atoms with Crippen molar-refractivity contribution in [3.05, 3.63) is 70.8 Å². The summed E-state index contributed by atoms with van der Waals surface area (Å²) in [6.45, 7) is 6.31. The second-order valence-corrected chi connectivity index (χ2v) is 6.80. The highest BCUT2D eigenvalue weighted by molar-refractivity contribution is 6.06. The van der Waals surface area contributed by atoms with Crippen molar-refractivity contribution in [3.8, 4) is 0 Å². The molecule has 3 rings (SSSR count). The molecule has 1 atom stereocenters. The zero-order valence-electron chi connectivity index (χ0n) is 15.4. The van der Waals surface area contributed by atoms with Crippen LogP contribution >= 0.6 is 0 Å². The number of amides is 2. The Morgan fingerprint density at radius 1 is 1.00 bits per heavy atom. The van der Waals surface area contributed by atoms with Gasteiger partial charge in [-0.15, -0.1) is 0 Å². The van der Waals surface area contributed by atoms with Crippen molar-refractivity contribution in [2.24, 2.45) is 5.92 Å². The van der Waals surface area contributed by atoms with Gasteiger partial charge in [0.1, 0.15) is 0 Å². The van der Waals surface area contributed by atoms with Gasteiger partial charge in [-0.25, -0.2) is 0 Å². The first kappa shape index (κ1) is 17.9. The maximum Gasteiger partial charge on any atom is 0.231 e. The number of carbonyl (C=O) groups excluding carboxylic acids is 2. The van der Waals surface area contributed by atoms with Gasteiger partial charge in [0.15, 0.2) is 0 Å². The molecule has 0 saturated carbocycles. The number of nitrogens with one attached hydrogen (secondary N) is 2. The van der Waals surface area contributed by atoms with Crippen LogP contribution in [0.2, 0.25) is 0 Å². The molecule has 0 aliphatic heterocycles. The van der Waals surface area contributed by atoms with Crippen LogP contribution in [0.5, 0.6) is 0 Å². The number of hydrogen-bond acceptors (Lipinski definition) is 2. The number of benzene rings is 2. The molecule has 0 fully saturated rings. The van der Waals surface area contributed by atoms with Crippen molar-refractivity contribution in [1.82, 2.24) is 5.32 Å². The van der Waals surface area contributed by atoms with Crippen molar-refractivity contribution in [2.75, 3.05) is 11.9 Å². The van der Waals surface area contributed by atoms with E-state index in [9.17, 15) is 9.59 Å². The molecule has 0 saturated heterocycles. The average Bonchev–Trinajstić information content (AvgIpc) is 3.29. The molecule has 0 radical (unpaired) electrons. The Balaban J connectivity index is 1.45. The quantitative estimate of drug-likeness (QED) is 0.833. The lowest BCUT2D eigenvalue weighted by molar-refractivity contribution is -0.121. The predicted octanol–water partition coefficient (Wildman–Crippen LogP) is 3.85. The third-order valence-electron chi connectivity index (χ3n) is 4.72. The van der Waals surface area contributed by atoms with Gasteiger partial charge >= 0.3 is 0 Å². The van der Waals surface area contributed by atoms with Crippen LogP contribution in [-0.4, -0.2) is 18.4 Å². The fourth-order valence-corrected chi connectivity index (χ4v) is 3.24. The SMILES string of the molecule is CC1=C(c2ccccc2)C1C(=O)NCCC(=O)Nc1ccc(C)cc1C. The average molecular weight is 348 g/mol. The summed E-state index contributed by atoms with van der Waals surface area (Å²) in [5.74, 6) is -0.276. The Bertz CT molecular complexity index is 869. The predicted molar refractivity (Wildman–Crippen MR) is 105 cm³/mol. The van der Waals surface area contributed by atoms with E-state index in [0.717, 1.165) is 33.5 Å². The summed E-state index contributed by atoms with van der Waals surface area (Å²) in [5, 5.41) is 5.77. The highest BCUT2D eigenvalue weighted by atomic mass is 16.2. The van der Waals surface area contributed by atoms with Crippen LogP contribution in [0.3, 0.4) is 0 Å². The Morgan fingerprint density at radius 2 is 1.73 bits per heavy atom. The first-order chi connectivity index (χ1) is 12.5. The molecule has 2 amide bonds. The minimum Gasteiger partial charge on any atom is -0.355 e. The van der Waals surface area contributed by atoms with E-state index >= 15 is 0 Å². The first-order valence-electron chi connectivity index (χ1n) is 8.88. The number of carbonyl (C=O) groups is 2. The van der Waals surface area contributed by atoms with Crippen molar-refractivity contribution in [2.45, 2.75) is 27.2 Å². The van der Waals surface area contributed by atoms with Crippen LogP contribution in [0.4, 0.5) is 5.69 Å². The van der Waals surface area contributed by atoms with E-state index < -0.39 is 0 Å². The number of rotatable bonds is 6. The maximum absolute atomic E-state index is 12.3. The summed E-state index contributed by atoms with van der Waals surface area (Å²) in [7, 11) is 0. The van der Waals surface area contributed by atoms with E-state index in [1.807, 2.05) is 69.3 Å². The summed E-state index contributed by atoms with van der Waals surface area (Å²) in [4.78, 5) is 24.4. The molecule has 26 heavy (non-hydrogen) atoms. The number of aryl methyl sites for hydroxylation is 2. The molecule has 0 heterocycles. The summed E-state index contributed by atoms with van der Waals surface area (Å²) in [5.41, 5.74) is 6.31. The van der Waals surface area contributed by atoms with E-state index in [1.54, 1.807) is 0 Å². The standard InChI is InChI=1S/C22H24N2O2/c1-14-9-10-18(15(2)13-14)24-19(25)11-12-23-22(26)21-16(3)20(21)17-7-5-4-6-8-17/h4-10,13,21H,11-12H2,1-3H3,(H,23,26)(H,24,25). The summed E-state index contributed by atoms with van der Waals surface area (Å²) in [6.07, 6.45) is 0.255. The van der Waals surface area contributed by atoms with E-state index in [-0.39, 0.29) is 24.2 Å². The molecule has 2 aromatic rings. The lowest BCUT2D eigenvalue weighted by Crippen LogP contribution is -2.30. The fraction of sp³-hybridized carbons (Fsp3) is 0.273. The molecule has 2 aromatic carbocycles. The smallest absolute Gasteiger partial charge is 0.231 e.